The van der Waals surface area contributed by atoms with Crippen LogP contribution in [0.2, 0.25) is 0 Å². The molecule has 0 saturated heterocycles. The van der Waals surface area contributed by atoms with Crippen LogP contribution in [0.25, 0.3) is 11.4 Å². The Morgan fingerprint density at radius 2 is 1.86 bits per heavy atom. The van der Waals surface area contributed by atoms with Crippen LogP contribution >= 0.6 is 11.8 Å². The second-order valence-electron chi connectivity index (χ2n) is 6.17. The summed E-state index contributed by atoms with van der Waals surface area (Å²) in [7, 11) is 1.62. The van der Waals surface area contributed by atoms with E-state index in [0.717, 1.165) is 29.2 Å². The van der Waals surface area contributed by atoms with Gasteiger partial charge in [-0.05, 0) is 43.7 Å². The van der Waals surface area contributed by atoms with E-state index in [4.69, 9.17) is 4.74 Å². The lowest BCUT2D eigenvalue weighted by molar-refractivity contribution is -0.118. The standard InChI is InChI=1S/C21H23N5O2S/c1-4-26-20(17-8-6-5-7-9-17)24-25-21(26)29-14-19(27)23-22-15(2)16-10-12-18(28-3)13-11-16/h5-13H,4,14H2,1-3H3,(H,23,27)/b22-15+. The van der Waals surface area contributed by atoms with Gasteiger partial charge in [-0.15, -0.1) is 10.2 Å². The molecule has 0 unspecified atom stereocenters. The Balaban J connectivity index is 1.60. The molecule has 0 atom stereocenters. The van der Waals surface area contributed by atoms with Gasteiger partial charge in [-0.2, -0.15) is 5.10 Å². The first-order chi connectivity index (χ1) is 14.1. The molecule has 3 aromatic rings. The number of thioether (sulfide) groups is 1. The molecule has 0 aliphatic rings. The van der Waals surface area contributed by atoms with Crippen molar-refractivity contribution in [3.63, 3.8) is 0 Å². The van der Waals surface area contributed by atoms with Crippen molar-refractivity contribution < 1.29 is 9.53 Å². The van der Waals surface area contributed by atoms with Gasteiger partial charge >= 0.3 is 0 Å². The molecular formula is C21H23N5O2S. The van der Waals surface area contributed by atoms with Crippen molar-refractivity contribution >= 4 is 23.4 Å². The van der Waals surface area contributed by atoms with Crippen LogP contribution in [0.5, 0.6) is 5.75 Å². The largest absolute Gasteiger partial charge is 0.497 e. The molecule has 1 amide bonds. The Hall–Kier alpha value is -3.13. The number of ether oxygens (including phenoxy) is 1. The summed E-state index contributed by atoms with van der Waals surface area (Å²) in [6, 6.07) is 17.4. The summed E-state index contributed by atoms with van der Waals surface area (Å²) >= 11 is 1.34. The Kier molecular flexibility index (Phi) is 7.02. The van der Waals surface area contributed by atoms with Gasteiger partial charge < -0.3 is 9.30 Å². The van der Waals surface area contributed by atoms with E-state index in [2.05, 4.69) is 20.7 Å². The summed E-state index contributed by atoms with van der Waals surface area (Å²) < 4.78 is 7.14. The minimum Gasteiger partial charge on any atom is -0.497 e. The summed E-state index contributed by atoms with van der Waals surface area (Å²) in [6.45, 7) is 4.59. The van der Waals surface area contributed by atoms with E-state index < -0.39 is 0 Å². The smallest absolute Gasteiger partial charge is 0.250 e. The van der Waals surface area contributed by atoms with Crippen LogP contribution in [-0.4, -0.2) is 39.2 Å². The fourth-order valence-corrected chi connectivity index (χ4v) is 3.48. The van der Waals surface area contributed by atoms with Crippen molar-refractivity contribution in [2.45, 2.75) is 25.5 Å². The van der Waals surface area contributed by atoms with E-state index in [1.54, 1.807) is 7.11 Å². The van der Waals surface area contributed by atoms with Crippen molar-refractivity contribution in [3.05, 3.63) is 60.2 Å². The summed E-state index contributed by atoms with van der Waals surface area (Å²) in [6.07, 6.45) is 0. The first-order valence-corrected chi connectivity index (χ1v) is 10.2. The number of amides is 1. The molecule has 2 aromatic carbocycles. The third kappa shape index (κ3) is 5.23. The molecule has 1 N–H and O–H groups in total. The van der Waals surface area contributed by atoms with E-state index in [0.29, 0.717) is 10.9 Å². The van der Waals surface area contributed by atoms with Crippen molar-refractivity contribution in [3.8, 4) is 17.1 Å². The minimum absolute atomic E-state index is 0.199. The molecule has 29 heavy (non-hydrogen) atoms. The third-order valence-electron chi connectivity index (χ3n) is 4.25. The average molecular weight is 410 g/mol. The van der Waals surface area contributed by atoms with E-state index in [1.165, 1.54) is 11.8 Å². The zero-order chi connectivity index (χ0) is 20.6. The van der Waals surface area contributed by atoms with Crippen LogP contribution in [0.1, 0.15) is 19.4 Å². The number of carbonyl (C=O) groups excluding carboxylic acids is 1. The van der Waals surface area contributed by atoms with Gasteiger partial charge in [0.05, 0.1) is 18.6 Å². The Morgan fingerprint density at radius 1 is 1.14 bits per heavy atom. The van der Waals surface area contributed by atoms with Crippen LogP contribution in [0.4, 0.5) is 0 Å². The van der Waals surface area contributed by atoms with Crippen LogP contribution < -0.4 is 10.2 Å². The number of methoxy groups -OCH3 is 1. The van der Waals surface area contributed by atoms with Gasteiger partial charge in [0.1, 0.15) is 5.75 Å². The zero-order valence-corrected chi connectivity index (χ0v) is 17.4. The molecular weight excluding hydrogens is 386 g/mol. The van der Waals surface area contributed by atoms with Gasteiger partial charge in [0.2, 0.25) is 0 Å². The van der Waals surface area contributed by atoms with Gasteiger partial charge in [-0.1, -0.05) is 42.1 Å². The lowest BCUT2D eigenvalue weighted by Crippen LogP contribution is -2.21. The lowest BCUT2D eigenvalue weighted by atomic mass is 10.1. The third-order valence-corrected chi connectivity index (χ3v) is 5.22. The maximum Gasteiger partial charge on any atom is 0.250 e. The quantitative estimate of drug-likeness (QED) is 0.349. The van der Waals surface area contributed by atoms with Gasteiger partial charge in [0, 0.05) is 12.1 Å². The molecule has 0 fully saturated rings. The summed E-state index contributed by atoms with van der Waals surface area (Å²) in [4.78, 5) is 12.2. The lowest BCUT2D eigenvalue weighted by Gasteiger charge is -2.07. The predicted molar refractivity (Wildman–Crippen MR) is 115 cm³/mol. The zero-order valence-electron chi connectivity index (χ0n) is 16.6. The van der Waals surface area contributed by atoms with E-state index in [-0.39, 0.29) is 11.7 Å². The molecule has 0 radical (unpaired) electrons. The number of benzene rings is 2. The number of carbonyl (C=O) groups is 1. The van der Waals surface area contributed by atoms with Gasteiger partial charge in [0.15, 0.2) is 11.0 Å². The highest BCUT2D eigenvalue weighted by molar-refractivity contribution is 7.99. The van der Waals surface area contributed by atoms with Crippen molar-refractivity contribution in [1.82, 2.24) is 20.2 Å². The molecule has 8 heteroatoms. The molecule has 7 nitrogen and oxygen atoms in total. The molecule has 0 aliphatic heterocycles. The van der Waals surface area contributed by atoms with E-state index in [9.17, 15) is 4.79 Å². The fourth-order valence-electron chi connectivity index (χ4n) is 2.69. The highest BCUT2D eigenvalue weighted by Crippen LogP contribution is 2.23. The van der Waals surface area contributed by atoms with Gasteiger partial charge in [-0.25, -0.2) is 5.43 Å². The Morgan fingerprint density at radius 3 is 2.52 bits per heavy atom. The number of hydrogen-bond acceptors (Lipinski definition) is 6. The number of aromatic nitrogens is 3. The van der Waals surface area contributed by atoms with Crippen molar-refractivity contribution in [1.29, 1.82) is 0 Å². The molecule has 0 aliphatic carbocycles. The van der Waals surface area contributed by atoms with Crippen LogP contribution in [0, 0.1) is 0 Å². The molecule has 0 bridgehead atoms. The van der Waals surface area contributed by atoms with Crippen molar-refractivity contribution in [2.75, 3.05) is 12.9 Å². The minimum atomic E-state index is -0.199. The fraction of sp³-hybridized carbons (Fsp3) is 0.238. The summed E-state index contributed by atoms with van der Waals surface area (Å²) in [5.41, 5.74) is 5.22. The van der Waals surface area contributed by atoms with Crippen LogP contribution in [0.3, 0.4) is 0 Å². The second-order valence-corrected chi connectivity index (χ2v) is 7.11. The summed E-state index contributed by atoms with van der Waals surface area (Å²) in [5, 5.41) is 13.4. The monoisotopic (exact) mass is 409 g/mol. The highest BCUT2D eigenvalue weighted by Gasteiger charge is 2.14. The van der Waals surface area contributed by atoms with Gasteiger partial charge in [0.25, 0.3) is 5.91 Å². The van der Waals surface area contributed by atoms with Crippen molar-refractivity contribution in [2.24, 2.45) is 5.10 Å². The predicted octanol–water partition coefficient (Wildman–Crippen LogP) is 3.61. The number of hydrogen-bond donors (Lipinski definition) is 1. The number of hydrazone groups is 1. The highest BCUT2D eigenvalue weighted by atomic mass is 32.2. The van der Waals surface area contributed by atoms with Crippen LogP contribution in [0.15, 0.2) is 64.9 Å². The normalized spacial score (nSPS) is 11.3. The Labute approximate surface area is 174 Å². The molecule has 150 valence electrons. The summed E-state index contributed by atoms with van der Waals surface area (Å²) in [5.74, 6) is 1.57. The molecule has 3 rings (SSSR count). The molecule has 1 aromatic heterocycles. The maximum absolute atomic E-state index is 12.2. The maximum atomic E-state index is 12.2. The Bertz CT molecular complexity index is 984. The number of nitrogens with zero attached hydrogens (tertiary/aromatic N) is 4. The topological polar surface area (TPSA) is 81.4 Å². The van der Waals surface area contributed by atoms with Crippen LogP contribution in [-0.2, 0) is 11.3 Å². The number of nitrogens with one attached hydrogen (secondary N) is 1. The van der Waals surface area contributed by atoms with E-state index >= 15 is 0 Å². The SMILES string of the molecule is CCn1c(SCC(=O)N/N=C(\C)c2ccc(OC)cc2)nnc1-c1ccccc1. The first-order valence-electron chi connectivity index (χ1n) is 9.21. The molecule has 0 spiro atoms. The first kappa shape index (κ1) is 20.6. The second kappa shape index (κ2) is 9.88. The molecule has 1 heterocycles. The van der Waals surface area contributed by atoms with Gasteiger partial charge in [-0.3, -0.25) is 4.79 Å². The average Bonchev–Trinajstić information content (AvgIpc) is 3.19. The van der Waals surface area contributed by atoms with E-state index in [1.807, 2.05) is 73.0 Å². The number of rotatable bonds is 8. The molecule has 0 saturated carbocycles.